The van der Waals surface area contributed by atoms with Crippen LogP contribution in [-0.4, -0.2) is 32.4 Å². The third-order valence-electron chi connectivity index (χ3n) is 5.09. The molecule has 4 nitrogen and oxygen atoms in total. The fourth-order valence-corrected chi connectivity index (χ4v) is 3.92. The van der Waals surface area contributed by atoms with Crippen LogP contribution in [-0.2, 0) is 26.4 Å². The number of halogens is 2. The fourth-order valence-electron chi connectivity index (χ4n) is 3.92. The van der Waals surface area contributed by atoms with Gasteiger partial charge in [-0.25, -0.2) is 8.78 Å². The molecule has 136 valence electrons. The Kier molecular flexibility index (Phi) is 5.20. The molecular formula is C19H25F2N3O. The van der Waals surface area contributed by atoms with Gasteiger partial charge in [-0.2, -0.15) is 5.10 Å². The van der Waals surface area contributed by atoms with E-state index in [0.29, 0.717) is 25.1 Å². The van der Waals surface area contributed by atoms with E-state index in [2.05, 4.69) is 18.9 Å². The van der Waals surface area contributed by atoms with E-state index in [4.69, 9.17) is 0 Å². The zero-order valence-corrected chi connectivity index (χ0v) is 15.0. The van der Waals surface area contributed by atoms with Gasteiger partial charge in [-0.05, 0) is 37.5 Å². The monoisotopic (exact) mass is 349 g/mol. The average Bonchev–Trinajstić information content (AvgIpc) is 3.09. The minimum atomic E-state index is -0.542. The van der Waals surface area contributed by atoms with E-state index in [1.54, 1.807) is 0 Å². The zero-order valence-electron chi connectivity index (χ0n) is 15.0. The van der Waals surface area contributed by atoms with E-state index in [1.165, 1.54) is 6.07 Å². The number of aryl methyl sites for hydroxylation is 2. The third kappa shape index (κ3) is 3.46. The van der Waals surface area contributed by atoms with Crippen molar-refractivity contribution in [1.82, 2.24) is 14.7 Å². The van der Waals surface area contributed by atoms with Crippen LogP contribution in [0.5, 0.6) is 0 Å². The molecule has 0 radical (unpaired) electrons. The summed E-state index contributed by atoms with van der Waals surface area (Å²) in [5.41, 5.74) is 3.64. The first-order chi connectivity index (χ1) is 11.9. The summed E-state index contributed by atoms with van der Waals surface area (Å²) in [5, 5.41) is 14.7. The molecule has 1 aromatic carbocycles. The van der Waals surface area contributed by atoms with Crippen LogP contribution in [0.4, 0.5) is 8.78 Å². The number of likely N-dealkylation sites (tertiary alicyclic amines) is 1. The number of aliphatic hydroxyl groups excluding tert-OH is 1. The largest absolute Gasteiger partial charge is 0.392 e. The molecule has 1 saturated heterocycles. The van der Waals surface area contributed by atoms with Gasteiger partial charge >= 0.3 is 0 Å². The quantitative estimate of drug-likeness (QED) is 0.902. The number of nitrogens with zero attached hydrogens (tertiary/aromatic N) is 3. The van der Waals surface area contributed by atoms with E-state index in [1.807, 2.05) is 16.6 Å². The summed E-state index contributed by atoms with van der Waals surface area (Å²) in [5.74, 6) is -0.884. The summed E-state index contributed by atoms with van der Waals surface area (Å²) < 4.78 is 29.8. The van der Waals surface area contributed by atoms with Crippen molar-refractivity contribution in [2.24, 2.45) is 7.05 Å². The number of β-amino-alcohol motifs (C(OH)–C–C–N with tert-alkyl or cyclic N) is 1. The van der Waals surface area contributed by atoms with Gasteiger partial charge in [0.2, 0.25) is 0 Å². The first kappa shape index (κ1) is 18.0. The molecule has 2 heterocycles. The first-order valence-corrected chi connectivity index (χ1v) is 8.85. The summed E-state index contributed by atoms with van der Waals surface area (Å²) in [6, 6.07) is 3.20. The fraction of sp³-hybridized carbons (Fsp3) is 0.526. The molecule has 0 bridgehead atoms. The molecule has 0 aliphatic carbocycles. The van der Waals surface area contributed by atoms with Crippen molar-refractivity contribution < 1.29 is 13.9 Å². The van der Waals surface area contributed by atoms with Gasteiger partial charge in [0.25, 0.3) is 0 Å². The van der Waals surface area contributed by atoms with Gasteiger partial charge in [0.1, 0.15) is 11.6 Å². The minimum Gasteiger partial charge on any atom is -0.392 e. The molecule has 1 fully saturated rings. The van der Waals surface area contributed by atoms with Crippen LogP contribution in [0.3, 0.4) is 0 Å². The van der Waals surface area contributed by atoms with Crippen molar-refractivity contribution in [2.45, 2.75) is 51.8 Å². The number of hydrogen-bond donors (Lipinski definition) is 1. The van der Waals surface area contributed by atoms with Crippen molar-refractivity contribution in [3.05, 3.63) is 52.3 Å². The Morgan fingerprint density at radius 3 is 2.68 bits per heavy atom. The summed E-state index contributed by atoms with van der Waals surface area (Å²) in [4.78, 5) is 2.04. The van der Waals surface area contributed by atoms with Crippen LogP contribution in [0.2, 0.25) is 0 Å². The van der Waals surface area contributed by atoms with Gasteiger partial charge in [0, 0.05) is 43.0 Å². The Balaban J connectivity index is 1.95. The van der Waals surface area contributed by atoms with E-state index in [0.717, 1.165) is 41.9 Å². The van der Waals surface area contributed by atoms with Gasteiger partial charge in [-0.1, -0.05) is 13.8 Å². The Hall–Kier alpha value is -1.79. The lowest BCUT2D eigenvalue weighted by Crippen LogP contribution is -2.26. The lowest BCUT2D eigenvalue weighted by Gasteiger charge is -2.25. The van der Waals surface area contributed by atoms with Crippen molar-refractivity contribution in [1.29, 1.82) is 0 Å². The summed E-state index contributed by atoms with van der Waals surface area (Å²) >= 11 is 0. The molecule has 3 rings (SSSR count). The Bertz CT molecular complexity index is 759. The van der Waals surface area contributed by atoms with Gasteiger partial charge in [0.05, 0.1) is 11.8 Å². The predicted octanol–water partition coefficient (Wildman–Crippen LogP) is 3.13. The second-order valence-electron chi connectivity index (χ2n) is 6.70. The highest BCUT2D eigenvalue weighted by molar-refractivity contribution is 5.29. The van der Waals surface area contributed by atoms with Gasteiger partial charge in [0.15, 0.2) is 0 Å². The van der Waals surface area contributed by atoms with Crippen LogP contribution < -0.4 is 0 Å². The second-order valence-corrected chi connectivity index (χ2v) is 6.70. The van der Waals surface area contributed by atoms with Crippen LogP contribution in [0, 0.1) is 11.6 Å². The molecule has 1 aliphatic rings. The molecule has 1 aromatic heterocycles. The number of aliphatic hydroxyl groups is 1. The highest BCUT2D eigenvalue weighted by Gasteiger charge is 2.35. The molecule has 0 saturated carbocycles. The Labute approximate surface area is 147 Å². The van der Waals surface area contributed by atoms with Crippen molar-refractivity contribution >= 4 is 0 Å². The SMILES string of the molecule is CCc1nn(C)c(CC)c1CN1C[C@H](O)C[C@H]1c1cc(F)ccc1F. The first-order valence-electron chi connectivity index (χ1n) is 8.85. The van der Waals surface area contributed by atoms with Crippen LogP contribution in [0.25, 0.3) is 0 Å². The highest BCUT2D eigenvalue weighted by Crippen LogP contribution is 2.36. The van der Waals surface area contributed by atoms with E-state index in [9.17, 15) is 13.9 Å². The van der Waals surface area contributed by atoms with Crippen LogP contribution in [0.1, 0.15) is 48.8 Å². The van der Waals surface area contributed by atoms with E-state index in [-0.39, 0.29) is 6.04 Å². The average molecular weight is 349 g/mol. The van der Waals surface area contributed by atoms with E-state index < -0.39 is 17.7 Å². The smallest absolute Gasteiger partial charge is 0.128 e. The molecule has 1 N–H and O–H groups in total. The summed E-state index contributed by atoms with van der Waals surface area (Å²) in [6.45, 7) is 5.18. The Morgan fingerprint density at radius 2 is 2.00 bits per heavy atom. The third-order valence-corrected chi connectivity index (χ3v) is 5.09. The maximum atomic E-state index is 14.3. The molecule has 6 heteroatoms. The van der Waals surface area contributed by atoms with Gasteiger partial charge < -0.3 is 5.11 Å². The molecule has 0 spiro atoms. The molecule has 0 amide bonds. The number of rotatable bonds is 5. The Morgan fingerprint density at radius 1 is 1.24 bits per heavy atom. The molecule has 0 unspecified atom stereocenters. The van der Waals surface area contributed by atoms with Gasteiger partial charge in [-0.3, -0.25) is 9.58 Å². The number of hydrogen-bond acceptors (Lipinski definition) is 3. The number of aromatic nitrogens is 2. The number of benzene rings is 1. The van der Waals surface area contributed by atoms with Crippen molar-refractivity contribution in [3.63, 3.8) is 0 Å². The van der Waals surface area contributed by atoms with Crippen molar-refractivity contribution in [2.75, 3.05) is 6.54 Å². The van der Waals surface area contributed by atoms with Crippen LogP contribution in [0.15, 0.2) is 18.2 Å². The normalized spacial score (nSPS) is 21.2. The minimum absolute atomic E-state index is 0.316. The molecule has 2 aromatic rings. The molecule has 25 heavy (non-hydrogen) atoms. The molecule has 1 aliphatic heterocycles. The zero-order chi connectivity index (χ0) is 18.1. The predicted molar refractivity (Wildman–Crippen MR) is 92.1 cm³/mol. The van der Waals surface area contributed by atoms with E-state index >= 15 is 0 Å². The lowest BCUT2D eigenvalue weighted by molar-refractivity contribution is 0.172. The topological polar surface area (TPSA) is 41.3 Å². The molecule has 2 atom stereocenters. The summed E-state index contributed by atoms with van der Waals surface area (Å²) in [6.07, 6.45) is 1.54. The standard InChI is InChI=1S/C19H25F2N3O/c1-4-17-15(18(5-2)23(3)22-17)11-24-10-13(25)9-19(24)14-8-12(20)6-7-16(14)21/h6-8,13,19,25H,4-5,9-11H2,1-3H3/t13-,19+/m1/s1. The highest BCUT2D eigenvalue weighted by atomic mass is 19.1. The lowest BCUT2D eigenvalue weighted by atomic mass is 10.0. The maximum absolute atomic E-state index is 14.3. The summed E-state index contributed by atoms with van der Waals surface area (Å²) in [7, 11) is 1.93. The maximum Gasteiger partial charge on any atom is 0.128 e. The second kappa shape index (κ2) is 7.22. The van der Waals surface area contributed by atoms with Gasteiger partial charge in [-0.15, -0.1) is 0 Å². The molecular weight excluding hydrogens is 324 g/mol. The van der Waals surface area contributed by atoms with Crippen molar-refractivity contribution in [3.8, 4) is 0 Å². The van der Waals surface area contributed by atoms with Crippen LogP contribution >= 0.6 is 0 Å².